The van der Waals surface area contributed by atoms with Crippen LogP contribution in [0.1, 0.15) is 113 Å². The number of aliphatic hydroxyl groups excluding tert-OH is 15. The van der Waals surface area contributed by atoms with E-state index in [0.29, 0.717) is 38.5 Å². The Bertz CT molecular complexity index is 1990. The van der Waals surface area contributed by atoms with Gasteiger partial charge < -0.3 is 114 Å². The van der Waals surface area contributed by atoms with Gasteiger partial charge in [0.05, 0.1) is 44.2 Å². The van der Waals surface area contributed by atoms with Crippen molar-refractivity contribution in [2.45, 2.75) is 254 Å². The molecule has 0 aromatic rings. The highest BCUT2D eigenvalue weighted by Gasteiger charge is 2.72. The first-order valence-electron chi connectivity index (χ1n) is 27.9. The average Bonchev–Trinajstić information content (AvgIpc) is 3.96. The minimum absolute atomic E-state index is 0.0374. The van der Waals surface area contributed by atoms with E-state index in [1.807, 2.05) is 20.8 Å². The number of aliphatic hydroxyl groups is 15. The number of fused-ring (bicyclic) bond motifs is 5. The molecule has 0 bridgehead atoms. The van der Waals surface area contributed by atoms with Gasteiger partial charge in [0.1, 0.15) is 97.7 Å². The topological polar surface area (TPSA) is 377 Å². The molecule has 8 rings (SSSR count). The highest BCUT2D eigenvalue weighted by molar-refractivity contribution is 5.20. The fraction of sp³-hybridized carbons (Fsp3) is 0.963. The molecule has 23 heteroatoms. The van der Waals surface area contributed by atoms with Gasteiger partial charge in [0.15, 0.2) is 25.2 Å². The second-order valence-electron chi connectivity index (χ2n) is 25.7. The smallest absolute Gasteiger partial charge is 0.187 e. The number of hydrogen-bond donors (Lipinski definition) is 15. The van der Waals surface area contributed by atoms with Crippen molar-refractivity contribution in [1.29, 1.82) is 0 Å². The first kappa shape index (κ1) is 61.9. The maximum atomic E-state index is 12.8. The summed E-state index contributed by atoms with van der Waals surface area (Å²) in [6.45, 7) is 14.6. The molecule has 8 fully saturated rings. The van der Waals surface area contributed by atoms with E-state index in [-0.39, 0.29) is 34.5 Å². The molecular weight excluding hydrogens is 1020 g/mol. The quantitative estimate of drug-likeness (QED) is 0.0576. The minimum atomic E-state index is -1.82. The van der Waals surface area contributed by atoms with Crippen molar-refractivity contribution in [3.8, 4) is 0 Å². The van der Waals surface area contributed by atoms with Gasteiger partial charge in [-0.25, -0.2) is 0 Å². The maximum absolute atomic E-state index is 12.8. The van der Waals surface area contributed by atoms with Gasteiger partial charge in [0, 0.05) is 0 Å². The van der Waals surface area contributed by atoms with E-state index < -0.39 is 178 Å². The Morgan fingerprint density at radius 2 is 1.05 bits per heavy atom. The molecule has 0 aromatic carbocycles. The summed E-state index contributed by atoms with van der Waals surface area (Å²) in [5.74, 6) is -0.475. The van der Waals surface area contributed by atoms with E-state index in [2.05, 4.69) is 40.7 Å². The predicted molar refractivity (Wildman–Crippen MR) is 266 cm³/mol. The number of rotatable bonds is 16. The van der Waals surface area contributed by atoms with Gasteiger partial charge >= 0.3 is 0 Å². The van der Waals surface area contributed by atoms with Crippen LogP contribution in [0, 0.1) is 45.3 Å². The summed E-state index contributed by atoms with van der Waals surface area (Å²) in [6.07, 6.45) is -25.2. The third-order valence-corrected chi connectivity index (χ3v) is 20.9. The van der Waals surface area contributed by atoms with Gasteiger partial charge in [0.2, 0.25) is 0 Å². The Labute approximate surface area is 450 Å². The zero-order valence-electron chi connectivity index (χ0n) is 45.8. The Morgan fingerprint density at radius 3 is 1.64 bits per heavy atom. The normalized spacial score (nSPS) is 52.7. The van der Waals surface area contributed by atoms with Crippen molar-refractivity contribution in [1.82, 2.24) is 0 Å². The zero-order chi connectivity index (χ0) is 56.6. The molecule has 2 unspecified atom stereocenters. The van der Waals surface area contributed by atoms with Gasteiger partial charge in [-0.2, -0.15) is 0 Å². The van der Waals surface area contributed by atoms with Crippen molar-refractivity contribution in [2.75, 3.05) is 26.4 Å². The van der Waals surface area contributed by atoms with Crippen LogP contribution >= 0.6 is 0 Å². The van der Waals surface area contributed by atoms with Crippen LogP contribution < -0.4 is 0 Å². The SMILES string of the molecule is CC(C)=CCC[C@](C)(O[C@@H]1O[C@H](CO[C@@H]2O[C@H](CO)[C@@H](O)[C@H](O)[C@H]2O)[C@@H](O)[C@H](O)[C@H]1O)[C@H]1CC[C@]2(C)[C@@H]1C(O)C[C@@H]1[C@@]3(C)CCC(O[C@@H]4O[C@H](CO)[C@@H](O)[C@H](O)[C@H]4O[C@@H]4O[C@H](CO)[C@@H](O)[C@H](O)[C@H]4O)C(C)(C)[C@@H]3CC[C@]12C. The maximum Gasteiger partial charge on any atom is 0.187 e. The first-order chi connectivity index (χ1) is 36.0. The highest BCUT2D eigenvalue weighted by Crippen LogP contribution is 2.76. The molecule has 8 aliphatic rings. The summed E-state index contributed by atoms with van der Waals surface area (Å²) in [6, 6.07) is 0. The van der Waals surface area contributed by atoms with Crippen LogP contribution in [0.15, 0.2) is 11.6 Å². The molecule has 4 heterocycles. The largest absolute Gasteiger partial charge is 0.394 e. The third kappa shape index (κ3) is 10.9. The summed E-state index contributed by atoms with van der Waals surface area (Å²) in [5.41, 5.74) is -1.59. The lowest BCUT2D eigenvalue weighted by atomic mass is 9.35. The van der Waals surface area contributed by atoms with Crippen LogP contribution in [0.25, 0.3) is 0 Å². The van der Waals surface area contributed by atoms with Crippen LogP contribution in [0.3, 0.4) is 0 Å². The van der Waals surface area contributed by atoms with Crippen LogP contribution in [0.2, 0.25) is 0 Å². The molecule has 15 N–H and O–H groups in total. The molecule has 30 atom stereocenters. The van der Waals surface area contributed by atoms with E-state index in [0.717, 1.165) is 24.8 Å². The molecule has 0 radical (unpaired) electrons. The third-order valence-electron chi connectivity index (χ3n) is 20.9. The molecule has 0 amide bonds. The summed E-state index contributed by atoms with van der Waals surface area (Å²) in [7, 11) is 0. The van der Waals surface area contributed by atoms with Gasteiger partial charge in [0.25, 0.3) is 0 Å². The predicted octanol–water partition coefficient (Wildman–Crippen LogP) is -2.20. The summed E-state index contributed by atoms with van der Waals surface area (Å²) < 4.78 is 48.9. The number of hydrogen-bond acceptors (Lipinski definition) is 23. The van der Waals surface area contributed by atoms with Crippen molar-refractivity contribution < 1.29 is 114 Å². The Hall–Kier alpha value is -1.18. The van der Waals surface area contributed by atoms with Gasteiger partial charge in [-0.15, -0.1) is 0 Å². The van der Waals surface area contributed by atoms with Crippen molar-refractivity contribution in [3.05, 3.63) is 11.6 Å². The standard InChI is InChI=1S/C54H92O23/c1-23(2)10-9-14-54(8,77-48-44(69)40(65)37(62)29(74-48)22-70-46-42(67)38(63)34(59)26(19-55)71-46)24-11-16-53(7)33(24)25(58)18-31-51(5)15-13-32(50(3,4)30(51)12-17-52(31,53)6)75-49-45(41(66)36(61)28(21-57)73-49)76-47-43(68)39(64)35(60)27(20-56)72-47/h10,24-49,55-69H,9,11-22H2,1-8H3/t24-,25?,26+,27+,28+,29+,30-,31+,32?,33-,34+,35+,36+,37+,38-,39-,40-,41-,42+,43+,44+,45+,46+,47-,48-,49-,51-,52+,53+,54-/m0/s1. The van der Waals surface area contributed by atoms with Crippen LogP contribution in [-0.2, 0) is 37.9 Å². The lowest BCUT2D eigenvalue weighted by Gasteiger charge is -2.71. The minimum Gasteiger partial charge on any atom is -0.394 e. The molecule has 446 valence electrons. The number of allylic oxidation sites excluding steroid dienone is 2. The van der Waals surface area contributed by atoms with Gasteiger partial charge in [-0.3, -0.25) is 0 Å². The molecule has 0 spiro atoms. The van der Waals surface area contributed by atoms with Crippen molar-refractivity contribution in [3.63, 3.8) is 0 Å². The van der Waals surface area contributed by atoms with E-state index in [1.54, 1.807) is 0 Å². The second kappa shape index (κ2) is 23.5. The Balaban J connectivity index is 1.01. The lowest BCUT2D eigenvalue weighted by Crippen LogP contribution is -2.68. The molecule has 23 nitrogen and oxygen atoms in total. The Morgan fingerprint density at radius 1 is 0.545 bits per heavy atom. The first-order valence-corrected chi connectivity index (χ1v) is 27.9. The average molecular weight is 1110 g/mol. The monoisotopic (exact) mass is 1110 g/mol. The Kier molecular flexibility index (Phi) is 18.9. The van der Waals surface area contributed by atoms with E-state index in [4.69, 9.17) is 37.9 Å². The van der Waals surface area contributed by atoms with Crippen molar-refractivity contribution in [2.24, 2.45) is 45.3 Å². The molecule has 4 saturated carbocycles. The lowest BCUT2D eigenvalue weighted by molar-refractivity contribution is -0.378. The molecule has 4 aliphatic carbocycles. The van der Waals surface area contributed by atoms with E-state index in [1.165, 1.54) is 0 Å². The molecule has 0 aromatic heterocycles. The molecular formula is C54H92O23. The zero-order valence-corrected chi connectivity index (χ0v) is 45.8. The number of ether oxygens (including phenoxy) is 8. The fourth-order valence-corrected chi connectivity index (χ4v) is 16.3. The summed E-state index contributed by atoms with van der Waals surface area (Å²) in [5, 5.41) is 162. The summed E-state index contributed by atoms with van der Waals surface area (Å²) >= 11 is 0. The second-order valence-corrected chi connectivity index (χ2v) is 25.7. The fourth-order valence-electron chi connectivity index (χ4n) is 16.3. The van der Waals surface area contributed by atoms with Crippen LogP contribution in [0.4, 0.5) is 0 Å². The van der Waals surface area contributed by atoms with E-state index >= 15 is 0 Å². The van der Waals surface area contributed by atoms with Crippen molar-refractivity contribution >= 4 is 0 Å². The van der Waals surface area contributed by atoms with E-state index in [9.17, 15) is 76.6 Å². The molecule has 4 aliphatic heterocycles. The summed E-state index contributed by atoms with van der Waals surface area (Å²) in [4.78, 5) is 0. The van der Waals surface area contributed by atoms with Gasteiger partial charge in [-0.05, 0) is 124 Å². The molecule has 4 saturated heterocycles. The van der Waals surface area contributed by atoms with Crippen LogP contribution in [0.5, 0.6) is 0 Å². The van der Waals surface area contributed by atoms with Gasteiger partial charge in [-0.1, -0.05) is 46.3 Å². The highest BCUT2D eigenvalue weighted by atomic mass is 16.8. The molecule has 77 heavy (non-hydrogen) atoms. The van der Waals surface area contributed by atoms with Crippen LogP contribution in [-0.4, -0.2) is 244 Å².